The normalized spacial score (nSPS) is 17.4. The van der Waals surface area contributed by atoms with E-state index in [1.807, 2.05) is 18.7 Å². The number of nitrogens with two attached hydrogens (primary N) is 1. The number of aromatic nitrogens is 4. The largest absolute Gasteiger partial charge is 0.388 e. The number of nitrogen functional groups attached to an aromatic ring is 1. The number of amides is 1. The van der Waals surface area contributed by atoms with Crippen molar-refractivity contribution in [3.8, 4) is 0 Å². The van der Waals surface area contributed by atoms with E-state index in [0.717, 1.165) is 38.8 Å². The second-order valence-corrected chi connectivity index (χ2v) is 7.23. The predicted octanol–water partition coefficient (Wildman–Crippen LogP) is 1.68. The van der Waals surface area contributed by atoms with E-state index in [4.69, 9.17) is 5.73 Å². The molecule has 2 aromatic rings. The third kappa shape index (κ3) is 2.61. The van der Waals surface area contributed by atoms with Crippen molar-refractivity contribution >= 4 is 29.2 Å². The zero-order chi connectivity index (χ0) is 19.9. The first-order valence-electron chi connectivity index (χ1n) is 9.75. The van der Waals surface area contributed by atoms with Crippen LogP contribution in [-0.2, 0) is 16.8 Å². The van der Waals surface area contributed by atoms with E-state index in [1.54, 1.807) is 17.3 Å². The Bertz CT molecular complexity index is 890. The van der Waals surface area contributed by atoms with E-state index >= 15 is 0 Å². The molecule has 0 unspecified atom stereocenters. The second-order valence-electron chi connectivity index (χ2n) is 7.23. The molecule has 1 saturated carbocycles. The van der Waals surface area contributed by atoms with Gasteiger partial charge in [0.05, 0.1) is 29.1 Å². The SMILES string of the molecule is CCN(CC)c1ncc(N2C(=O)C3(CCCC3)c3c(N)nc(CO)nc32)cn1. The smallest absolute Gasteiger partial charge is 0.243 e. The predicted molar refractivity (Wildman–Crippen MR) is 105 cm³/mol. The van der Waals surface area contributed by atoms with Gasteiger partial charge in [-0.2, -0.15) is 0 Å². The van der Waals surface area contributed by atoms with Crippen LogP contribution in [0.2, 0.25) is 0 Å². The molecule has 3 N–H and O–H groups in total. The highest BCUT2D eigenvalue weighted by atomic mass is 16.3. The first-order chi connectivity index (χ1) is 13.6. The average molecular weight is 383 g/mol. The minimum atomic E-state index is -0.690. The van der Waals surface area contributed by atoms with Crippen LogP contribution in [0.4, 0.5) is 23.3 Å². The maximum absolute atomic E-state index is 13.5. The zero-order valence-electron chi connectivity index (χ0n) is 16.2. The topological polar surface area (TPSA) is 121 Å². The van der Waals surface area contributed by atoms with E-state index < -0.39 is 5.41 Å². The third-order valence-corrected chi connectivity index (χ3v) is 5.79. The molecule has 2 aromatic heterocycles. The highest BCUT2D eigenvalue weighted by Crippen LogP contribution is 2.54. The fraction of sp³-hybridized carbons (Fsp3) is 0.526. The maximum Gasteiger partial charge on any atom is 0.243 e. The summed E-state index contributed by atoms with van der Waals surface area (Å²) in [6.07, 6.45) is 6.65. The van der Waals surface area contributed by atoms with Gasteiger partial charge in [0.25, 0.3) is 0 Å². The number of aliphatic hydroxyl groups is 1. The summed E-state index contributed by atoms with van der Waals surface area (Å²) < 4.78 is 0. The second kappa shape index (κ2) is 6.97. The zero-order valence-corrected chi connectivity index (χ0v) is 16.2. The van der Waals surface area contributed by atoms with Crippen molar-refractivity contribution in [3.63, 3.8) is 0 Å². The number of anilines is 4. The van der Waals surface area contributed by atoms with Crippen LogP contribution in [0.1, 0.15) is 50.9 Å². The minimum Gasteiger partial charge on any atom is -0.388 e. The van der Waals surface area contributed by atoms with Crippen molar-refractivity contribution in [2.24, 2.45) is 0 Å². The quantitative estimate of drug-likeness (QED) is 0.800. The summed E-state index contributed by atoms with van der Waals surface area (Å²) in [6.45, 7) is 5.34. The maximum atomic E-state index is 13.5. The molecule has 0 saturated heterocycles. The molecule has 28 heavy (non-hydrogen) atoms. The van der Waals surface area contributed by atoms with Crippen molar-refractivity contribution in [1.82, 2.24) is 19.9 Å². The third-order valence-electron chi connectivity index (χ3n) is 5.79. The molecule has 0 atom stereocenters. The van der Waals surface area contributed by atoms with E-state index in [-0.39, 0.29) is 24.2 Å². The number of carbonyl (C=O) groups is 1. The molecule has 2 aliphatic rings. The lowest BCUT2D eigenvalue weighted by Gasteiger charge is -2.23. The molecule has 0 radical (unpaired) electrons. The van der Waals surface area contributed by atoms with Crippen LogP contribution in [0, 0.1) is 0 Å². The molecule has 1 aliphatic heterocycles. The fourth-order valence-corrected chi connectivity index (χ4v) is 4.40. The van der Waals surface area contributed by atoms with Crippen LogP contribution in [-0.4, -0.2) is 44.0 Å². The monoisotopic (exact) mass is 383 g/mol. The highest BCUT2D eigenvalue weighted by Gasteiger charge is 2.55. The molecule has 148 valence electrons. The van der Waals surface area contributed by atoms with Gasteiger partial charge in [0.2, 0.25) is 11.9 Å². The van der Waals surface area contributed by atoms with Crippen molar-refractivity contribution in [3.05, 3.63) is 23.8 Å². The summed E-state index contributed by atoms with van der Waals surface area (Å²) in [7, 11) is 0. The Balaban J connectivity index is 1.82. The van der Waals surface area contributed by atoms with Crippen LogP contribution in [0.3, 0.4) is 0 Å². The number of rotatable bonds is 5. The highest BCUT2D eigenvalue weighted by molar-refractivity contribution is 6.13. The van der Waals surface area contributed by atoms with Crippen LogP contribution in [0.5, 0.6) is 0 Å². The van der Waals surface area contributed by atoms with Gasteiger partial charge in [-0.15, -0.1) is 0 Å². The van der Waals surface area contributed by atoms with Crippen molar-refractivity contribution in [2.45, 2.75) is 51.6 Å². The summed E-state index contributed by atoms with van der Waals surface area (Å²) in [5.41, 5.74) is 6.77. The Labute approximate surface area is 163 Å². The van der Waals surface area contributed by atoms with Crippen LogP contribution in [0.25, 0.3) is 0 Å². The number of carbonyl (C=O) groups excluding carboxylic acids is 1. The molecule has 1 fully saturated rings. The van der Waals surface area contributed by atoms with Gasteiger partial charge in [-0.3, -0.25) is 9.69 Å². The van der Waals surface area contributed by atoms with Gasteiger partial charge in [0.15, 0.2) is 5.82 Å². The Hall–Kier alpha value is -2.81. The molecule has 9 nitrogen and oxygen atoms in total. The molecular weight excluding hydrogens is 358 g/mol. The van der Waals surface area contributed by atoms with Gasteiger partial charge in [-0.05, 0) is 26.7 Å². The summed E-state index contributed by atoms with van der Waals surface area (Å²) >= 11 is 0. The van der Waals surface area contributed by atoms with E-state index in [2.05, 4.69) is 19.9 Å². The van der Waals surface area contributed by atoms with E-state index in [0.29, 0.717) is 23.0 Å². The lowest BCUT2D eigenvalue weighted by atomic mass is 9.80. The van der Waals surface area contributed by atoms with Crippen molar-refractivity contribution < 1.29 is 9.90 Å². The number of hydrogen-bond acceptors (Lipinski definition) is 8. The van der Waals surface area contributed by atoms with Crippen molar-refractivity contribution in [1.29, 1.82) is 0 Å². The molecule has 1 spiro atoms. The molecule has 1 amide bonds. The van der Waals surface area contributed by atoms with Gasteiger partial charge < -0.3 is 15.7 Å². The van der Waals surface area contributed by atoms with Crippen LogP contribution in [0.15, 0.2) is 12.4 Å². The molecule has 1 aliphatic carbocycles. The summed E-state index contributed by atoms with van der Waals surface area (Å²) in [4.78, 5) is 34.7. The molecule has 9 heteroatoms. The Morgan fingerprint density at radius 3 is 2.39 bits per heavy atom. The summed E-state index contributed by atoms with van der Waals surface area (Å²) in [5, 5.41) is 9.51. The minimum absolute atomic E-state index is 0.0599. The molecular formula is C19H25N7O2. The summed E-state index contributed by atoms with van der Waals surface area (Å²) in [5.74, 6) is 1.48. The van der Waals surface area contributed by atoms with Gasteiger partial charge >= 0.3 is 0 Å². The van der Waals surface area contributed by atoms with Gasteiger partial charge in [-0.1, -0.05) is 12.8 Å². The fourth-order valence-electron chi connectivity index (χ4n) is 4.40. The first-order valence-corrected chi connectivity index (χ1v) is 9.75. The van der Waals surface area contributed by atoms with Gasteiger partial charge in [-0.25, -0.2) is 19.9 Å². The Morgan fingerprint density at radius 1 is 1.18 bits per heavy atom. The lowest BCUT2D eigenvalue weighted by molar-refractivity contribution is -0.122. The number of nitrogens with zero attached hydrogens (tertiary/aromatic N) is 6. The first kappa shape index (κ1) is 18.5. The molecule has 0 bridgehead atoms. The van der Waals surface area contributed by atoms with Gasteiger partial charge in [0, 0.05) is 13.1 Å². The molecule has 4 rings (SSSR count). The molecule has 0 aromatic carbocycles. The molecule has 3 heterocycles. The Morgan fingerprint density at radius 2 is 1.82 bits per heavy atom. The van der Waals surface area contributed by atoms with Crippen LogP contribution < -0.4 is 15.5 Å². The summed E-state index contributed by atoms with van der Waals surface area (Å²) in [6, 6.07) is 0. The Kier molecular flexibility index (Phi) is 4.62. The van der Waals surface area contributed by atoms with E-state index in [1.165, 1.54) is 0 Å². The van der Waals surface area contributed by atoms with Crippen molar-refractivity contribution in [2.75, 3.05) is 28.6 Å². The average Bonchev–Trinajstić information content (AvgIpc) is 3.28. The number of aliphatic hydroxyl groups excluding tert-OH is 1. The van der Waals surface area contributed by atoms with Crippen LogP contribution >= 0.6 is 0 Å². The standard InChI is InChI=1S/C19H25N7O2/c1-3-25(4-2)18-21-9-12(10-22-18)26-16-14(15(20)23-13(11-27)24-16)19(17(26)28)7-5-6-8-19/h9-10,27H,3-8,11H2,1-2H3,(H2,20,23,24). The number of hydrogen-bond donors (Lipinski definition) is 2. The lowest BCUT2D eigenvalue weighted by Crippen LogP contribution is -2.36. The van der Waals surface area contributed by atoms with Gasteiger partial charge in [0.1, 0.15) is 18.2 Å². The number of fused-ring (bicyclic) bond motifs is 2. The van der Waals surface area contributed by atoms with E-state index in [9.17, 15) is 9.90 Å².